The van der Waals surface area contributed by atoms with Crippen molar-refractivity contribution in [2.75, 3.05) is 19.2 Å². The van der Waals surface area contributed by atoms with Crippen molar-refractivity contribution >= 4 is 23.4 Å². The molecule has 0 aromatic heterocycles. The number of thioether (sulfide) groups is 1. The lowest BCUT2D eigenvalue weighted by molar-refractivity contribution is -0.115. The number of hydrogen-bond acceptors (Lipinski definition) is 5. The number of nitrogens with one attached hydrogen (secondary N) is 1. The van der Waals surface area contributed by atoms with Crippen LogP contribution in [0.2, 0.25) is 0 Å². The van der Waals surface area contributed by atoms with E-state index in [2.05, 4.69) is 5.32 Å². The summed E-state index contributed by atoms with van der Waals surface area (Å²) in [4.78, 5) is 13.3. The zero-order valence-electron chi connectivity index (χ0n) is 12.9. The summed E-state index contributed by atoms with van der Waals surface area (Å²) in [6.45, 7) is 2.09. The van der Waals surface area contributed by atoms with E-state index in [0.717, 1.165) is 10.6 Å². The van der Waals surface area contributed by atoms with E-state index in [-0.39, 0.29) is 18.0 Å². The number of ether oxygens (including phenoxy) is 3. The maximum Gasteiger partial charge on any atom is 0.237 e. The van der Waals surface area contributed by atoms with Crippen LogP contribution in [0.15, 0.2) is 47.4 Å². The van der Waals surface area contributed by atoms with Gasteiger partial charge in [0.25, 0.3) is 0 Å². The van der Waals surface area contributed by atoms with Crippen LogP contribution < -0.4 is 19.5 Å². The molecule has 0 fully saturated rings. The summed E-state index contributed by atoms with van der Waals surface area (Å²) in [6, 6.07) is 13.0. The van der Waals surface area contributed by atoms with Gasteiger partial charge in [0.15, 0.2) is 11.5 Å². The minimum atomic E-state index is -0.228. The average Bonchev–Trinajstić information content (AvgIpc) is 3.03. The van der Waals surface area contributed by atoms with Gasteiger partial charge in [0.05, 0.1) is 12.4 Å². The molecular weight excluding hydrogens is 314 g/mol. The summed E-state index contributed by atoms with van der Waals surface area (Å²) < 4.78 is 15.7. The third-order valence-electron chi connectivity index (χ3n) is 3.38. The van der Waals surface area contributed by atoms with Crippen molar-refractivity contribution in [1.82, 2.24) is 0 Å². The highest BCUT2D eigenvalue weighted by Crippen LogP contribution is 2.34. The van der Waals surface area contributed by atoms with Crippen LogP contribution in [0.5, 0.6) is 17.2 Å². The number of methoxy groups -OCH3 is 1. The Morgan fingerprint density at radius 2 is 1.91 bits per heavy atom. The number of hydrogen-bond donors (Lipinski definition) is 1. The molecule has 1 heterocycles. The van der Waals surface area contributed by atoms with Crippen LogP contribution >= 0.6 is 11.8 Å². The van der Waals surface area contributed by atoms with E-state index in [1.165, 1.54) is 11.8 Å². The average molecular weight is 331 g/mol. The molecular formula is C17H17NO4S. The van der Waals surface area contributed by atoms with Gasteiger partial charge in [-0.3, -0.25) is 4.79 Å². The van der Waals surface area contributed by atoms with Crippen molar-refractivity contribution in [3.63, 3.8) is 0 Å². The number of carbonyl (C=O) groups excluding carboxylic acids is 1. The monoisotopic (exact) mass is 331 g/mol. The fourth-order valence-electron chi connectivity index (χ4n) is 2.13. The molecule has 0 spiro atoms. The molecule has 0 saturated carbocycles. The van der Waals surface area contributed by atoms with Gasteiger partial charge in [-0.15, -0.1) is 11.8 Å². The van der Waals surface area contributed by atoms with E-state index in [1.54, 1.807) is 25.3 Å². The van der Waals surface area contributed by atoms with Gasteiger partial charge in [0.1, 0.15) is 5.75 Å². The molecule has 1 aliphatic rings. The molecule has 3 rings (SSSR count). The molecule has 0 aliphatic carbocycles. The van der Waals surface area contributed by atoms with E-state index in [9.17, 15) is 4.79 Å². The minimum absolute atomic E-state index is 0.0651. The van der Waals surface area contributed by atoms with E-state index >= 15 is 0 Å². The number of benzene rings is 2. The van der Waals surface area contributed by atoms with Crippen molar-refractivity contribution in [1.29, 1.82) is 0 Å². The summed E-state index contributed by atoms with van der Waals surface area (Å²) in [5, 5.41) is 2.67. The lowest BCUT2D eigenvalue weighted by Crippen LogP contribution is -2.22. The van der Waals surface area contributed by atoms with Gasteiger partial charge in [-0.25, -0.2) is 0 Å². The zero-order valence-corrected chi connectivity index (χ0v) is 13.7. The van der Waals surface area contributed by atoms with Crippen LogP contribution in [0.3, 0.4) is 0 Å². The highest BCUT2D eigenvalue weighted by atomic mass is 32.2. The first-order valence-electron chi connectivity index (χ1n) is 7.17. The largest absolute Gasteiger partial charge is 0.497 e. The Hall–Kier alpha value is -2.34. The molecule has 0 saturated heterocycles. The van der Waals surface area contributed by atoms with E-state index in [1.807, 2.05) is 31.2 Å². The van der Waals surface area contributed by atoms with Gasteiger partial charge < -0.3 is 19.5 Å². The SMILES string of the molecule is COc1ccc(S[C@@H](C)C(=O)Nc2ccc3c(c2)OCO3)cc1. The fraction of sp³-hybridized carbons (Fsp3) is 0.235. The summed E-state index contributed by atoms with van der Waals surface area (Å²) in [7, 11) is 1.63. The third-order valence-corrected chi connectivity index (χ3v) is 4.49. The lowest BCUT2D eigenvalue weighted by atomic mass is 10.2. The number of rotatable bonds is 5. The van der Waals surface area contributed by atoms with Gasteiger partial charge in [0.2, 0.25) is 12.7 Å². The van der Waals surface area contributed by atoms with Crippen molar-refractivity contribution in [3.8, 4) is 17.2 Å². The van der Waals surface area contributed by atoms with Crippen molar-refractivity contribution in [2.24, 2.45) is 0 Å². The zero-order chi connectivity index (χ0) is 16.2. The summed E-state index contributed by atoms with van der Waals surface area (Å²) in [5.41, 5.74) is 0.696. The Kier molecular flexibility index (Phi) is 4.62. The van der Waals surface area contributed by atoms with Crippen molar-refractivity contribution < 1.29 is 19.0 Å². The normalized spacial score (nSPS) is 13.5. The fourth-order valence-corrected chi connectivity index (χ4v) is 3.00. The van der Waals surface area contributed by atoms with Crippen LogP contribution in [0, 0.1) is 0 Å². The Bertz CT molecular complexity index is 702. The highest BCUT2D eigenvalue weighted by Gasteiger charge is 2.17. The number of anilines is 1. The topological polar surface area (TPSA) is 56.8 Å². The maximum atomic E-state index is 12.3. The Morgan fingerprint density at radius 1 is 1.17 bits per heavy atom. The van der Waals surface area contributed by atoms with Gasteiger partial charge in [0, 0.05) is 16.6 Å². The second-order valence-corrected chi connectivity index (χ2v) is 6.41. The molecule has 1 atom stereocenters. The van der Waals surface area contributed by atoms with Crippen LogP contribution in [0.4, 0.5) is 5.69 Å². The van der Waals surface area contributed by atoms with Crippen LogP contribution in [-0.4, -0.2) is 25.1 Å². The predicted molar refractivity (Wildman–Crippen MR) is 89.5 cm³/mol. The number of fused-ring (bicyclic) bond motifs is 1. The van der Waals surface area contributed by atoms with Crippen LogP contribution in [0.25, 0.3) is 0 Å². The molecule has 2 aromatic carbocycles. The molecule has 5 nitrogen and oxygen atoms in total. The molecule has 23 heavy (non-hydrogen) atoms. The molecule has 0 bridgehead atoms. The first kappa shape index (κ1) is 15.6. The highest BCUT2D eigenvalue weighted by molar-refractivity contribution is 8.00. The first-order chi connectivity index (χ1) is 11.2. The maximum absolute atomic E-state index is 12.3. The molecule has 120 valence electrons. The standard InChI is InChI=1S/C17H17NO4S/c1-11(23-14-6-4-13(20-2)5-7-14)17(19)18-12-3-8-15-16(9-12)22-10-21-15/h3-9,11H,10H2,1-2H3,(H,18,19)/t11-/m0/s1. The minimum Gasteiger partial charge on any atom is -0.497 e. The first-order valence-corrected chi connectivity index (χ1v) is 8.05. The van der Waals surface area contributed by atoms with Crippen LogP contribution in [0.1, 0.15) is 6.92 Å². The summed E-state index contributed by atoms with van der Waals surface area (Å²) in [5.74, 6) is 2.08. The molecule has 0 unspecified atom stereocenters. The Balaban J connectivity index is 1.60. The molecule has 1 N–H and O–H groups in total. The quantitative estimate of drug-likeness (QED) is 0.849. The molecule has 0 radical (unpaired) electrons. The third kappa shape index (κ3) is 3.71. The number of carbonyl (C=O) groups is 1. The lowest BCUT2D eigenvalue weighted by Gasteiger charge is -2.12. The second-order valence-electron chi connectivity index (χ2n) is 4.99. The Labute approximate surface area is 138 Å². The summed E-state index contributed by atoms with van der Waals surface area (Å²) >= 11 is 1.49. The van der Waals surface area contributed by atoms with E-state index < -0.39 is 0 Å². The molecule has 6 heteroatoms. The van der Waals surface area contributed by atoms with Gasteiger partial charge >= 0.3 is 0 Å². The smallest absolute Gasteiger partial charge is 0.237 e. The van der Waals surface area contributed by atoms with E-state index in [0.29, 0.717) is 17.2 Å². The number of amides is 1. The molecule has 1 aliphatic heterocycles. The molecule has 1 amide bonds. The van der Waals surface area contributed by atoms with Crippen molar-refractivity contribution in [3.05, 3.63) is 42.5 Å². The van der Waals surface area contributed by atoms with Gasteiger partial charge in [-0.1, -0.05) is 0 Å². The molecule has 2 aromatic rings. The van der Waals surface area contributed by atoms with E-state index in [4.69, 9.17) is 14.2 Å². The summed E-state index contributed by atoms with van der Waals surface area (Å²) in [6.07, 6.45) is 0. The van der Waals surface area contributed by atoms with Gasteiger partial charge in [-0.05, 0) is 43.3 Å². The predicted octanol–water partition coefficient (Wildman–Crippen LogP) is 3.54. The van der Waals surface area contributed by atoms with Gasteiger partial charge in [-0.2, -0.15) is 0 Å². The Morgan fingerprint density at radius 3 is 2.65 bits per heavy atom. The second kappa shape index (κ2) is 6.83. The van der Waals surface area contributed by atoms with Crippen molar-refractivity contribution in [2.45, 2.75) is 17.1 Å². The van der Waals surface area contributed by atoms with Crippen LogP contribution in [-0.2, 0) is 4.79 Å².